The van der Waals surface area contributed by atoms with Crippen molar-refractivity contribution in [3.05, 3.63) is 29.8 Å². The summed E-state index contributed by atoms with van der Waals surface area (Å²) < 4.78 is 11.3. The van der Waals surface area contributed by atoms with E-state index in [-0.39, 0.29) is 5.97 Å². The summed E-state index contributed by atoms with van der Waals surface area (Å²) in [6, 6.07) is 7.27. The van der Waals surface area contributed by atoms with Crippen molar-refractivity contribution in [2.45, 2.75) is 32.0 Å². The van der Waals surface area contributed by atoms with E-state index in [0.717, 1.165) is 19.3 Å². The summed E-state index contributed by atoms with van der Waals surface area (Å²) in [5.41, 5.74) is 0.535. The zero-order chi connectivity index (χ0) is 11.2. The quantitative estimate of drug-likeness (QED) is 0.628. The number of ether oxygens (including phenoxy) is 2. The van der Waals surface area contributed by atoms with Crippen molar-refractivity contribution in [3.8, 4) is 5.75 Å². The summed E-state index contributed by atoms with van der Waals surface area (Å²) >= 11 is 0. The highest BCUT2D eigenvalue weighted by Crippen LogP contribution is 2.43. The number of fused-ring (bicyclic) bond motifs is 1. The molecule has 2 atom stereocenters. The summed E-state index contributed by atoms with van der Waals surface area (Å²) in [6.07, 6.45) is 2.65. The normalized spacial score (nSPS) is 32.1. The first-order valence-corrected chi connectivity index (χ1v) is 5.70. The first kappa shape index (κ1) is 9.70. The van der Waals surface area contributed by atoms with E-state index in [4.69, 9.17) is 9.47 Å². The second-order valence-corrected chi connectivity index (χ2v) is 4.75. The maximum absolute atomic E-state index is 11.9. The molecular weight excluding hydrogens is 204 g/mol. The van der Waals surface area contributed by atoms with Gasteiger partial charge in [-0.15, -0.1) is 0 Å². The summed E-state index contributed by atoms with van der Waals surface area (Å²) in [7, 11) is 0. The Bertz CT molecular complexity index is 441. The van der Waals surface area contributed by atoms with Gasteiger partial charge in [0, 0.05) is 12.8 Å². The molecule has 1 aromatic rings. The Labute approximate surface area is 94.4 Å². The second-order valence-electron chi connectivity index (χ2n) is 4.75. The zero-order valence-corrected chi connectivity index (χ0v) is 9.23. The molecule has 1 aliphatic heterocycles. The van der Waals surface area contributed by atoms with Crippen LogP contribution in [0.15, 0.2) is 24.3 Å². The van der Waals surface area contributed by atoms with E-state index in [2.05, 4.69) is 6.92 Å². The van der Waals surface area contributed by atoms with Crippen molar-refractivity contribution in [2.24, 2.45) is 5.92 Å². The summed E-state index contributed by atoms with van der Waals surface area (Å²) in [5, 5.41) is 0. The molecule has 3 heteroatoms. The SMILES string of the molecule is CC1CCC2(C1)OC(=O)c1ccccc1O2. The van der Waals surface area contributed by atoms with Crippen LogP contribution in [-0.4, -0.2) is 11.8 Å². The Morgan fingerprint density at radius 1 is 1.31 bits per heavy atom. The van der Waals surface area contributed by atoms with E-state index in [1.165, 1.54) is 0 Å². The largest absolute Gasteiger partial charge is 0.451 e. The molecule has 0 radical (unpaired) electrons. The van der Waals surface area contributed by atoms with E-state index < -0.39 is 5.79 Å². The van der Waals surface area contributed by atoms with Crippen LogP contribution in [-0.2, 0) is 4.74 Å². The molecule has 1 fully saturated rings. The van der Waals surface area contributed by atoms with Crippen LogP contribution >= 0.6 is 0 Å². The molecule has 1 saturated carbocycles. The van der Waals surface area contributed by atoms with Crippen LogP contribution in [0.1, 0.15) is 36.5 Å². The minimum atomic E-state index is -0.690. The van der Waals surface area contributed by atoms with Crippen LogP contribution in [0.3, 0.4) is 0 Å². The minimum Gasteiger partial charge on any atom is -0.451 e. The predicted octanol–water partition coefficient (Wildman–Crippen LogP) is 2.75. The smallest absolute Gasteiger partial charge is 0.345 e. The molecule has 0 aromatic heterocycles. The van der Waals surface area contributed by atoms with Gasteiger partial charge < -0.3 is 9.47 Å². The Morgan fingerprint density at radius 2 is 2.12 bits per heavy atom. The first-order chi connectivity index (χ1) is 7.69. The molecule has 2 unspecified atom stereocenters. The molecule has 0 amide bonds. The maximum atomic E-state index is 11.9. The van der Waals surface area contributed by atoms with Gasteiger partial charge in [-0.2, -0.15) is 0 Å². The highest BCUT2D eigenvalue weighted by Gasteiger charge is 2.46. The molecule has 84 valence electrons. The van der Waals surface area contributed by atoms with Gasteiger partial charge in [-0.05, 0) is 24.5 Å². The highest BCUT2D eigenvalue weighted by atomic mass is 16.7. The van der Waals surface area contributed by atoms with Crippen molar-refractivity contribution in [1.82, 2.24) is 0 Å². The van der Waals surface area contributed by atoms with Gasteiger partial charge in [0.2, 0.25) is 0 Å². The number of rotatable bonds is 0. The van der Waals surface area contributed by atoms with Gasteiger partial charge in [-0.25, -0.2) is 4.79 Å². The molecular formula is C13H14O3. The lowest BCUT2D eigenvalue weighted by molar-refractivity contribution is -0.150. The third-order valence-electron chi connectivity index (χ3n) is 3.36. The number of esters is 1. The molecule has 0 bridgehead atoms. The molecule has 1 aromatic carbocycles. The van der Waals surface area contributed by atoms with Crippen molar-refractivity contribution >= 4 is 5.97 Å². The highest BCUT2D eigenvalue weighted by molar-refractivity contribution is 5.93. The van der Waals surface area contributed by atoms with E-state index >= 15 is 0 Å². The lowest BCUT2D eigenvalue weighted by atomic mass is 10.1. The van der Waals surface area contributed by atoms with Crippen molar-refractivity contribution in [3.63, 3.8) is 0 Å². The maximum Gasteiger partial charge on any atom is 0.345 e. The van der Waals surface area contributed by atoms with Gasteiger partial charge in [0.05, 0.1) is 0 Å². The Morgan fingerprint density at radius 3 is 2.88 bits per heavy atom. The number of carbonyl (C=O) groups is 1. The van der Waals surface area contributed by atoms with E-state index in [0.29, 0.717) is 17.2 Å². The van der Waals surface area contributed by atoms with Crippen LogP contribution in [0, 0.1) is 5.92 Å². The van der Waals surface area contributed by atoms with Crippen LogP contribution in [0.4, 0.5) is 0 Å². The fourth-order valence-electron chi connectivity index (χ4n) is 2.56. The monoisotopic (exact) mass is 218 g/mol. The van der Waals surface area contributed by atoms with Crippen molar-refractivity contribution in [1.29, 1.82) is 0 Å². The minimum absolute atomic E-state index is 0.254. The van der Waals surface area contributed by atoms with E-state index in [9.17, 15) is 4.79 Å². The number of hydrogen-bond acceptors (Lipinski definition) is 3. The van der Waals surface area contributed by atoms with Crippen LogP contribution in [0.25, 0.3) is 0 Å². The summed E-state index contributed by atoms with van der Waals surface area (Å²) in [5.74, 6) is 0.270. The molecule has 0 saturated heterocycles. The van der Waals surface area contributed by atoms with Gasteiger partial charge in [0.25, 0.3) is 5.79 Å². The van der Waals surface area contributed by atoms with E-state index in [1.54, 1.807) is 6.07 Å². The van der Waals surface area contributed by atoms with Gasteiger partial charge in [0.15, 0.2) is 0 Å². The molecule has 3 nitrogen and oxygen atoms in total. The summed E-state index contributed by atoms with van der Waals surface area (Å²) in [6.45, 7) is 2.16. The van der Waals surface area contributed by atoms with Crippen molar-refractivity contribution < 1.29 is 14.3 Å². The number of carbonyl (C=O) groups excluding carboxylic acids is 1. The topological polar surface area (TPSA) is 35.5 Å². The van der Waals surface area contributed by atoms with Crippen molar-refractivity contribution in [2.75, 3.05) is 0 Å². The summed E-state index contributed by atoms with van der Waals surface area (Å²) in [4.78, 5) is 11.9. The fraction of sp³-hybridized carbons (Fsp3) is 0.462. The van der Waals surface area contributed by atoms with Gasteiger partial charge in [-0.3, -0.25) is 0 Å². The third kappa shape index (κ3) is 1.39. The molecule has 1 aliphatic carbocycles. The van der Waals surface area contributed by atoms with Crippen LogP contribution < -0.4 is 4.74 Å². The second kappa shape index (κ2) is 3.24. The number of benzene rings is 1. The number of hydrogen-bond donors (Lipinski definition) is 0. The Hall–Kier alpha value is -1.51. The van der Waals surface area contributed by atoms with Gasteiger partial charge >= 0.3 is 5.97 Å². The number of para-hydroxylation sites is 1. The van der Waals surface area contributed by atoms with Gasteiger partial charge in [-0.1, -0.05) is 19.1 Å². The predicted molar refractivity (Wildman–Crippen MR) is 58.2 cm³/mol. The molecule has 2 aliphatic rings. The Kier molecular flexibility index (Phi) is 1.96. The fourth-order valence-corrected chi connectivity index (χ4v) is 2.56. The third-order valence-corrected chi connectivity index (χ3v) is 3.36. The molecule has 3 rings (SSSR count). The lowest BCUT2D eigenvalue weighted by Gasteiger charge is -2.34. The van der Waals surface area contributed by atoms with Crippen LogP contribution in [0.2, 0.25) is 0 Å². The van der Waals surface area contributed by atoms with Crippen LogP contribution in [0.5, 0.6) is 5.75 Å². The molecule has 16 heavy (non-hydrogen) atoms. The molecule has 1 heterocycles. The lowest BCUT2D eigenvalue weighted by Crippen LogP contribution is -2.42. The first-order valence-electron chi connectivity index (χ1n) is 5.70. The average Bonchev–Trinajstić information content (AvgIpc) is 2.59. The average molecular weight is 218 g/mol. The molecule has 1 spiro atoms. The Balaban J connectivity index is 1.98. The van der Waals surface area contributed by atoms with Gasteiger partial charge in [0.1, 0.15) is 11.3 Å². The van der Waals surface area contributed by atoms with E-state index in [1.807, 2.05) is 18.2 Å². The molecule has 0 N–H and O–H groups in total. The standard InChI is InChI=1S/C13H14O3/c1-9-6-7-13(8-9)15-11-5-3-2-4-10(11)12(14)16-13/h2-5,9H,6-8H2,1H3. The zero-order valence-electron chi connectivity index (χ0n) is 9.23.